The second kappa shape index (κ2) is 7.54. The van der Waals surface area contributed by atoms with E-state index in [1.165, 1.54) is 5.56 Å². The molecule has 140 valence electrons. The van der Waals surface area contributed by atoms with Crippen LogP contribution in [0.3, 0.4) is 0 Å². The molecule has 1 heterocycles. The number of benzene rings is 3. The highest BCUT2D eigenvalue weighted by Crippen LogP contribution is 2.29. The van der Waals surface area contributed by atoms with Gasteiger partial charge < -0.3 is 9.47 Å². The van der Waals surface area contributed by atoms with Crippen molar-refractivity contribution < 1.29 is 10.0 Å². The normalized spacial score (nSPS) is 10.8. The smallest absolute Gasteiger partial charge is 0.274 e. The van der Waals surface area contributed by atoms with E-state index < -0.39 is 5.91 Å². The van der Waals surface area contributed by atoms with Crippen molar-refractivity contribution in [2.24, 2.45) is 7.05 Å². The van der Waals surface area contributed by atoms with Gasteiger partial charge in [-0.15, -0.1) is 0 Å². The van der Waals surface area contributed by atoms with Crippen molar-refractivity contribution >= 4 is 28.6 Å². The molecule has 28 heavy (non-hydrogen) atoms. The van der Waals surface area contributed by atoms with Gasteiger partial charge in [0, 0.05) is 18.3 Å². The highest BCUT2D eigenvalue weighted by molar-refractivity contribution is 5.97. The number of hydrogen-bond donors (Lipinski definition) is 2. The van der Waals surface area contributed by atoms with Gasteiger partial charge in [0.05, 0.1) is 17.6 Å². The van der Waals surface area contributed by atoms with Gasteiger partial charge in [-0.05, 0) is 35.9 Å². The molecule has 1 aromatic heterocycles. The Morgan fingerprint density at radius 2 is 1.71 bits per heavy atom. The molecular formula is C22H20N4O2. The summed E-state index contributed by atoms with van der Waals surface area (Å²) >= 11 is 0. The van der Waals surface area contributed by atoms with Gasteiger partial charge in [-0.1, -0.05) is 48.5 Å². The maximum Gasteiger partial charge on any atom is 0.274 e. The summed E-state index contributed by atoms with van der Waals surface area (Å²) < 4.78 is 2.01. The summed E-state index contributed by atoms with van der Waals surface area (Å²) in [5, 5.41) is 8.89. The quantitative estimate of drug-likeness (QED) is 0.410. The maximum absolute atomic E-state index is 11.7. The first-order valence-electron chi connectivity index (χ1n) is 8.95. The number of para-hydroxylation sites is 1. The lowest BCUT2D eigenvalue weighted by atomic mass is 10.2. The maximum atomic E-state index is 11.7. The average molecular weight is 372 g/mol. The van der Waals surface area contributed by atoms with E-state index in [1.54, 1.807) is 17.6 Å². The fourth-order valence-electron chi connectivity index (χ4n) is 3.29. The molecule has 4 aromatic rings. The number of anilines is 2. The van der Waals surface area contributed by atoms with Crippen LogP contribution in [0.2, 0.25) is 0 Å². The molecule has 1 amide bonds. The van der Waals surface area contributed by atoms with E-state index in [0.717, 1.165) is 17.2 Å². The zero-order chi connectivity index (χ0) is 19.5. The Morgan fingerprint density at radius 3 is 2.39 bits per heavy atom. The molecule has 0 unspecified atom stereocenters. The minimum Gasteiger partial charge on any atom is -0.313 e. The first-order chi connectivity index (χ1) is 13.7. The van der Waals surface area contributed by atoms with E-state index in [1.807, 2.05) is 66.2 Å². The van der Waals surface area contributed by atoms with Gasteiger partial charge in [0.15, 0.2) is 0 Å². The van der Waals surface area contributed by atoms with Crippen molar-refractivity contribution in [1.82, 2.24) is 15.0 Å². The second-order valence-electron chi connectivity index (χ2n) is 6.52. The number of hydroxylamine groups is 1. The monoisotopic (exact) mass is 372 g/mol. The molecule has 0 saturated carbocycles. The molecule has 4 rings (SSSR count). The Hall–Kier alpha value is -3.64. The van der Waals surface area contributed by atoms with Crippen molar-refractivity contribution in [1.29, 1.82) is 0 Å². The van der Waals surface area contributed by atoms with Gasteiger partial charge in [-0.25, -0.2) is 10.5 Å². The third kappa shape index (κ3) is 3.33. The molecule has 0 atom stereocenters. The fraction of sp³-hybridized carbons (Fsp3) is 0.0909. The lowest BCUT2D eigenvalue weighted by Gasteiger charge is -2.24. The summed E-state index contributed by atoms with van der Waals surface area (Å²) in [6.07, 6.45) is 0. The van der Waals surface area contributed by atoms with Gasteiger partial charge in [-0.2, -0.15) is 0 Å². The summed E-state index contributed by atoms with van der Waals surface area (Å²) in [5.74, 6) is 0.213. The molecule has 0 bridgehead atoms. The van der Waals surface area contributed by atoms with E-state index in [4.69, 9.17) is 10.2 Å². The van der Waals surface area contributed by atoms with Crippen LogP contribution in [0.1, 0.15) is 15.9 Å². The Bertz CT molecular complexity index is 1110. The number of amides is 1. The first-order valence-corrected chi connectivity index (χ1v) is 8.95. The molecule has 6 heteroatoms. The van der Waals surface area contributed by atoms with E-state index in [9.17, 15) is 4.79 Å². The van der Waals surface area contributed by atoms with Crippen LogP contribution in [0.25, 0.3) is 11.0 Å². The lowest BCUT2D eigenvalue weighted by Crippen LogP contribution is -2.19. The Labute approximate surface area is 162 Å². The van der Waals surface area contributed by atoms with Crippen molar-refractivity contribution in [2.75, 3.05) is 4.90 Å². The van der Waals surface area contributed by atoms with Gasteiger partial charge in [0.25, 0.3) is 5.91 Å². The summed E-state index contributed by atoms with van der Waals surface area (Å²) in [5.41, 5.74) is 5.80. The van der Waals surface area contributed by atoms with Crippen molar-refractivity contribution in [3.63, 3.8) is 0 Å². The molecular weight excluding hydrogens is 352 g/mol. The van der Waals surface area contributed by atoms with Gasteiger partial charge in [0.2, 0.25) is 5.95 Å². The van der Waals surface area contributed by atoms with Crippen molar-refractivity contribution in [3.8, 4) is 0 Å². The Balaban J connectivity index is 1.82. The SMILES string of the molecule is Cn1c(N(Cc2ccccc2)c2ccccc2)nc2cc(C(=O)NO)ccc21. The van der Waals surface area contributed by atoms with E-state index in [0.29, 0.717) is 17.6 Å². The number of carbonyl (C=O) groups excluding carboxylic acids is 1. The summed E-state index contributed by atoms with van der Waals surface area (Å²) in [7, 11) is 1.96. The topological polar surface area (TPSA) is 70.4 Å². The minimum atomic E-state index is -0.557. The number of rotatable bonds is 5. The number of imidazole rings is 1. The lowest BCUT2D eigenvalue weighted by molar-refractivity contribution is 0.0706. The second-order valence-corrected chi connectivity index (χ2v) is 6.52. The van der Waals surface area contributed by atoms with E-state index >= 15 is 0 Å². The van der Waals surface area contributed by atoms with Crippen LogP contribution in [0.15, 0.2) is 78.9 Å². The van der Waals surface area contributed by atoms with Gasteiger partial charge in [0.1, 0.15) is 0 Å². The molecule has 0 aliphatic rings. The van der Waals surface area contributed by atoms with Gasteiger partial charge in [-0.3, -0.25) is 10.0 Å². The van der Waals surface area contributed by atoms with Crippen LogP contribution in [-0.4, -0.2) is 20.7 Å². The van der Waals surface area contributed by atoms with Crippen molar-refractivity contribution in [2.45, 2.75) is 6.54 Å². The van der Waals surface area contributed by atoms with Crippen LogP contribution >= 0.6 is 0 Å². The predicted molar refractivity (Wildman–Crippen MR) is 109 cm³/mol. The van der Waals surface area contributed by atoms with Crippen LogP contribution in [0.4, 0.5) is 11.6 Å². The third-order valence-corrected chi connectivity index (χ3v) is 4.71. The molecule has 0 spiro atoms. The van der Waals surface area contributed by atoms with Crippen LogP contribution in [0.5, 0.6) is 0 Å². The highest BCUT2D eigenvalue weighted by atomic mass is 16.5. The zero-order valence-corrected chi connectivity index (χ0v) is 15.4. The largest absolute Gasteiger partial charge is 0.313 e. The number of hydrogen-bond acceptors (Lipinski definition) is 4. The standard InChI is InChI=1S/C22H20N4O2/c1-25-20-13-12-17(21(27)24-28)14-19(20)23-22(25)26(18-10-6-3-7-11-18)15-16-8-4-2-5-9-16/h2-14,28H,15H2,1H3,(H,24,27). The Morgan fingerprint density at radius 1 is 1.04 bits per heavy atom. The minimum absolute atomic E-state index is 0.356. The number of aromatic nitrogens is 2. The Kier molecular flexibility index (Phi) is 4.78. The van der Waals surface area contributed by atoms with Gasteiger partial charge >= 0.3 is 0 Å². The molecule has 0 aliphatic heterocycles. The van der Waals surface area contributed by atoms with Crippen LogP contribution in [-0.2, 0) is 13.6 Å². The average Bonchev–Trinajstić information content (AvgIpc) is 3.08. The van der Waals surface area contributed by atoms with Crippen LogP contribution < -0.4 is 10.4 Å². The number of aryl methyl sites for hydroxylation is 1. The van der Waals surface area contributed by atoms with E-state index in [-0.39, 0.29) is 0 Å². The molecule has 2 N–H and O–H groups in total. The molecule has 0 fully saturated rings. The predicted octanol–water partition coefficient (Wildman–Crippen LogP) is 4.03. The van der Waals surface area contributed by atoms with Crippen LogP contribution in [0, 0.1) is 0 Å². The number of nitrogens with one attached hydrogen (secondary N) is 1. The molecule has 0 saturated heterocycles. The first kappa shape index (κ1) is 17.8. The summed E-state index contributed by atoms with van der Waals surface area (Å²) in [4.78, 5) is 18.7. The van der Waals surface area contributed by atoms with E-state index in [2.05, 4.69) is 17.0 Å². The van der Waals surface area contributed by atoms with Crippen molar-refractivity contribution in [3.05, 3.63) is 90.0 Å². The molecule has 0 radical (unpaired) electrons. The molecule has 3 aromatic carbocycles. The molecule has 0 aliphatic carbocycles. The highest BCUT2D eigenvalue weighted by Gasteiger charge is 2.18. The number of fused-ring (bicyclic) bond motifs is 1. The summed E-state index contributed by atoms with van der Waals surface area (Å²) in [6.45, 7) is 0.659. The number of carbonyl (C=O) groups is 1. The third-order valence-electron chi connectivity index (χ3n) is 4.71. The number of nitrogens with zero attached hydrogens (tertiary/aromatic N) is 3. The fourth-order valence-corrected chi connectivity index (χ4v) is 3.29. The zero-order valence-electron chi connectivity index (χ0n) is 15.4. The molecule has 6 nitrogen and oxygen atoms in total. The summed E-state index contributed by atoms with van der Waals surface area (Å²) in [6, 6.07) is 25.5.